The summed E-state index contributed by atoms with van der Waals surface area (Å²) < 4.78 is 5.15. The molecule has 1 amide bonds. The summed E-state index contributed by atoms with van der Waals surface area (Å²) >= 11 is 0. The van der Waals surface area contributed by atoms with Gasteiger partial charge >= 0.3 is 11.8 Å². The fourth-order valence-corrected chi connectivity index (χ4v) is 1.99. The molecule has 1 N–H and O–H groups in total. The number of anilines is 1. The molecule has 2 rings (SSSR count). The summed E-state index contributed by atoms with van der Waals surface area (Å²) in [5, 5.41) is 13.7. The molecule has 0 atom stereocenters. The van der Waals surface area contributed by atoms with Gasteiger partial charge in [-0.25, -0.2) is 9.78 Å². The molecule has 1 fully saturated rings. The zero-order chi connectivity index (χ0) is 15.6. The van der Waals surface area contributed by atoms with Gasteiger partial charge in [0, 0.05) is 25.4 Å². The summed E-state index contributed by atoms with van der Waals surface area (Å²) in [6.45, 7) is 6.30. The van der Waals surface area contributed by atoms with Crippen LogP contribution in [-0.4, -0.2) is 40.7 Å². The Morgan fingerprint density at radius 1 is 1.52 bits per heavy atom. The normalized spacial score (nSPS) is 15.3. The SMILES string of the molecule is CC(C)(C)OC(=O)NC1CN(c2ncccc2[N+](=O)[O-])C1. The van der Waals surface area contributed by atoms with Crippen molar-refractivity contribution in [2.45, 2.75) is 32.4 Å². The van der Waals surface area contributed by atoms with Gasteiger partial charge in [0.25, 0.3) is 0 Å². The largest absolute Gasteiger partial charge is 0.444 e. The van der Waals surface area contributed by atoms with Crippen molar-refractivity contribution in [3.63, 3.8) is 0 Å². The Balaban J connectivity index is 1.90. The number of hydrogen-bond acceptors (Lipinski definition) is 6. The minimum atomic E-state index is -0.548. The molecule has 1 aliphatic heterocycles. The highest BCUT2D eigenvalue weighted by Crippen LogP contribution is 2.28. The van der Waals surface area contributed by atoms with Crippen LogP contribution in [0.1, 0.15) is 20.8 Å². The molecular formula is C13H18N4O4. The molecule has 1 saturated heterocycles. The highest BCUT2D eigenvalue weighted by atomic mass is 16.6. The van der Waals surface area contributed by atoms with E-state index >= 15 is 0 Å². The molecule has 8 heteroatoms. The van der Waals surface area contributed by atoms with Crippen molar-refractivity contribution in [3.05, 3.63) is 28.4 Å². The first-order chi connectivity index (χ1) is 9.76. The second-order valence-corrected chi connectivity index (χ2v) is 5.85. The number of alkyl carbamates (subject to hydrolysis) is 1. The van der Waals surface area contributed by atoms with Crippen LogP contribution in [0.25, 0.3) is 0 Å². The maximum absolute atomic E-state index is 11.6. The summed E-state index contributed by atoms with van der Waals surface area (Å²) in [4.78, 5) is 27.9. The fraction of sp³-hybridized carbons (Fsp3) is 0.538. The van der Waals surface area contributed by atoms with Gasteiger partial charge in [0.15, 0.2) is 0 Å². The summed E-state index contributed by atoms with van der Waals surface area (Å²) in [5.41, 5.74) is -0.582. The lowest BCUT2D eigenvalue weighted by Gasteiger charge is -2.39. The Labute approximate surface area is 122 Å². The second kappa shape index (κ2) is 5.55. The smallest absolute Gasteiger partial charge is 0.407 e. The number of amides is 1. The monoisotopic (exact) mass is 294 g/mol. The number of nitro groups is 1. The van der Waals surface area contributed by atoms with E-state index in [1.807, 2.05) is 0 Å². The standard InChI is InChI=1S/C13H18N4O4/c1-13(2,3)21-12(18)15-9-7-16(8-9)11-10(17(19)20)5-4-6-14-11/h4-6,9H,7-8H2,1-3H3,(H,15,18). The van der Waals surface area contributed by atoms with Crippen LogP contribution in [0.5, 0.6) is 0 Å². The van der Waals surface area contributed by atoms with Crippen molar-refractivity contribution >= 4 is 17.6 Å². The van der Waals surface area contributed by atoms with Crippen molar-refractivity contribution in [1.29, 1.82) is 0 Å². The van der Waals surface area contributed by atoms with Gasteiger partial charge in [-0.1, -0.05) is 0 Å². The van der Waals surface area contributed by atoms with Gasteiger partial charge in [-0.3, -0.25) is 10.1 Å². The Hall–Kier alpha value is -2.38. The first-order valence-electron chi connectivity index (χ1n) is 6.60. The highest BCUT2D eigenvalue weighted by molar-refractivity contribution is 5.69. The number of ether oxygens (including phenoxy) is 1. The molecule has 2 heterocycles. The molecule has 0 aliphatic carbocycles. The molecule has 1 aliphatic rings. The molecule has 0 unspecified atom stereocenters. The van der Waals surface area contributed by atoms with E-state index in [4.69, 9.17) is 4.74 Å². The third kappa shape index (κ3) is 3.80. The van der Waals surface area contributed by atoms with Crippen molar-refractivity contribution in [3.8, 4) is 0 Å². The van der Waals surface area contributed by atoms with E-state index < -0.39 is 16.6 Å². The molecule has 0 saturated carbocycles. The summed E-state index contributed by atoms with van der Waals surface area (Å²) in [7, 11) is 0. The zero-order valence-electron chi connectivity index (χ0n) is 12.2. The molecule has 0 aromatic carbocycles. The van der Waals surface area contributed by atoms with Crippen molar-refractivity contribution in [2.24, 2.45) is 0 Å². The number of carbonyl (C=O) groups excluding carboxylic acids is 1. The van der Waals surface area contributed by atoms with Crippen molar-refractivity contribution in [1.82, 2.24) is 10.3 Å². The molecular weight excluding hydrogens is 276 g/mol. The minimum absolute atomic E-state index is 0.0341. The van der Waals surface area contributed by atoms with Crippen molar-refractivity contribution < 1.29 is 14.5 Å². The van der Waals surface area contributed by atoms with Crippen LogP contribution in [0.3, 0.4) is 0 Å². The minimum Gasteiger partial charge on any atom is -0.444 e. The number of hydrogen-bond donors (Lipinski definition) is 1. The Morgan fingerprint density at radius 2 is 2.19 bits per heavy atom. The van der Waals surface area contributed by atoms with Crippen LogP contribution in [0.15, 0.2) is 18.3 Å². The molecule has 1 aromatic rings. The maximum Gasteiger partial charge on any atom is 0.407 e. The molecule has 0 bridgehead atoms. The van der Waals surface area contributed by atoms with E-state index in [2.05, 4.69) is 10.3 Å². The van der Waals surface area contributed by atoms with E-state index in [0.717, 1.165) is 0 Å². The topological polar surface area (TPSA) is 97.6 Å². The zero-order valence-corrected chi connectivity index (χ0v) is 12.2. The molecule has 0 spiro atoms. The third-order valence-corrected chi connectivity index (χ3v) is 2.86. The predicted molar refractivity (Wildman–Crippen MR) is 76.3 cm³/mol. The first kappa shape index (κ1) is 15.0. The van der Waals surface area contributed by atoms with Crippen LogP contribution >= 0.6 is 0 Å². The van der Waals surface area contributed by atoms with Crippen molar-refractivity contribution in [2.75, 3.05) is 18.0 Å². The van der Waals surface area contributed by atoms with E-state index in [0.29, 0.717) is 18.9 Å². The number of pyridine rings is 1. The Bertz CT molecular complexity index is 549. The van der Waals surface area contributed by atoms with E-state index in [-0.39, 0.29) is 11.7 Å². The van der Waals surface area contributed by atoms with Crippen LogP contribution in [0, 0.1) is 10.1 Å². The summed E-state index contributed by atoms with van der Waals surface area (Å²) in [6, 6.07) is 2.84. The van der Waals surface area contributed by atoms with E-state index in [1.54, 1.807) is 25.7 Å². The lowest BCUT2D eigenvalue weighted by molar-refractivity contribution is -0.384. The highest BCUT2D eigenvalue weighted by Gasteiger charge is 2.34. The Kier molecular flexibility index (Phi) is 3.97. The van der Waals surface area contributed by atoms with Gasteiger partial charge < -0.3 is 15.0 Å². The predicted octanol–water partition coefficient (Wildman–Crippen LogP) is 1.70. The lowest BCUT2D eigenvalue weighted by Crippen LogP contribution is -2.60. The van der Waals surface area contributed by atoms with E-state index in [9.17, 15) is 14.9 Å². The van der Waals surface area contributed by atoms with Gasteiger partial charge in [0.2, 0.25) is 5.82 Å². The average Bonchev–Trinajstić information content (AvgIpc) is 2.31. The number of carbonyl (C=O) groups is 1. The van der Waals surface area contributed by atoms with Gasteiger partial charge in [0.1, 0.15) is 5.60 Å². The van der Waals surface area contributed by atoms with Crippen LogP contribution in [0.2, 0.25) is 0 Å². The molecule has 0 radical (unpaired) electrons. The number of aromatic nitrogens is 1. The summed E-state index contributed by atoms with van der Waals surface area (Å²) in [5.74, 6) is 0.324. The van der Waals surface area contributed by atoms with Crippen LogP contribution in [0.4, 0.5) is 16.3 Å². The molecule has 21 heavy (non-hydrogen) atoms. The number of rotatable bonds is 3. The van der Waals surface area contributed by atoms with Gasteiger partial charge in [-0.05, 0) is 26.8 Å². The Morgan fingerprint density at radius 3 is 2.76 bits per heavy atom. The van der Waals surface area contributed by atoms with Gasteiger partial charge in [-0.2, -0.15) is 0 Å². The van der Waals surface area contributed by atoms with E-state index in [1.165, 1.54) is 18.3 Å². The molecule has 8 nitrogen and oxygen atoms in total. The van der Waals surface area contributed by atoms with Gasteiger partial charge in [0.05, 0.1) is 11.0 Å². The van der Waals surface area contributed by atoms with Crippen LogP contribution in [-0.2, 0) is 4.74 Å². The maximum atomic E-state index is 11.6. The second-order valence-electron chi connectivity index (χ2n) is 5.85. The third-order valence-electron chi connectivity index (χ3n) is 2.86. The quantitative estimate of drug-likeness (QED) is 0.673. The fourth-order valence-electron chi connectivity index (χ4n) is 1.99. The average molecular weight is 294 g/mol. The molecule has 1 aromatic heterocycles. The number of nitrogens with one attached hydrogen (secondary N) is 1. The lowest BCUT2D eigenvalue weighted by atomic mass is 10.1. The number of nitrogens with zero attached hydrogens (tertiary/aromatic N) is 3. The molecule has 114 valence electrons. The summed E-state index contributed by atoms with van der Waals surface area (Å²) in [6.07, 6.45) is 1.03. The van der Waals surface area contributed by atoms with Crippen LogP contribution < -0.4 is 10.2 Å². The van der Waals surface area contributed by atoms with Gasteiger partial charge in [-0.15, -0.1) is 0 Å². The first-order valence-corrected chi connectivity index (χ1v) is 6.60.